The Morgan fingerprint density at radius 3 is 3.00 bits per heavy atom. The van der Waals surface area contributed by atoms with Crippen LogP contribution in [0.5, 0.6) is 0 Å². The summed E-state index contributed by atoms with van der Waals surface area (Å²) in [4.78, 5) is 6.54. The normalized spacial score (nSPS) is 17.6. The van der Waals surface area contributed by atoms with Crippen LogP contribution in [0.4, 0.5) is 0 Å². The molecule has 0 amide bonds. The molecular weight excluding hydrogens is 204 g/mol. The molecule has 0 unspecified atom stereocenters. The van der Waals surface area contributed by atoms with Crippen LogP contribution in [0.2, 0.25) is 0 Å². The highest BCUT2D eigenvalue weighted by molar-refractivity contribution is 5.05. The smallest absolute Gasteiger partial charge is 0.181 e. The quantitative estimate of drug-likeness (QED) is 0.777. The number of aromatic nitrogens is 3. The maximum atomic E-state index is 5.18. The van der Waals surface area contributed by atoms with Crippen molar-refractivity contribution < 1.29 is 4.42 Å². The molecule has 0 saturated carbocycles. The van der Waals surface area contributed by atoms with E-state index in [1.165, 1.54) is 6.39 Å². The first-order valence-corrected chi connectivity index (χ1v) is 5.43. The standard InChI is InChI=1S/C11H14N4O/c1-9-11(12-8-16-9)7-14-5-10(6-14)15-4-2-3-13-15/h2-4,8,10H,5-7H2,1H3. The molecule has 84 valence electrons. The molecular formula is C11H14N4O. The number of likely N-dealkylation sites (tertiary alicyclic amines) is 1. The van der Waals surface area contributed by atoms with Gasteiger partial charge < -0.3 is 4.42 Å². The van der Waals surface area contributed by atoms with Gasteiger partial charge in [0.05, 0.1) is 11.7 Å². The van der Waals surface area contributed by atoms with E-state index in [2.05, 4.69) is 15.0 Å². The summed E-state index contributed by atoms with van der Waals surface area (Å²) in [5.41, 5.74) is 1.04. The monoisotopic (exact) mass is 218 g/mol. The first-order chi connectivity index (χ1) is 7.83. The van der Waals surface area contributed by atoms with Crippen molar-refractivity contribution in [1.82, 2.24) is 19.7 Å². The Hall–Kier alpha value is -1.62. The number of nitrogens with zero attached hydrogens (tertiary/aromatic N) is 4. The van der Waals surface area contributed by atoms with E-state index in [0.717, 1.165) is 31.1 Å². The molecule has 0 spiro atoms. The fourth-order valence-electron chi connectivity index (χ4n) is 2.03. The van der Waals surface area contributed by atoms with E-state index in [-0.39, 0.29) is 0 Å². The van der Waals surface area contributed by atoms with Crippen LogP contribution in [-0.4, -0.2) is 32.8 Å². The zero-order chi connectivity index (χ0) is 11.0. The lowest BCUT2D eigenvalue weighted by Gasteiger charge is -2.38. The average Bonchev–Trinajstić information content (AvgIpc) is 2.82. The molecule has 1 saturated heterocycles. The third kappa shape index (κ3) is 1.63. The lowest BCUT2D eigenvalue weighted by atomic mass is 10.1. The first-order valence-electron chi connectivity index (χ1n) is 5.43. The number of oxazole rings is 1. The highest BCUT2D eigenvalue weighted by Crippen LogP contribution is 2.22. The Labute approximate surface area is 93.7 Å². The van der Waals surface area contributed by atoms with Crippen molar-refractivity contribution >= 4 is 0 Å². The molecule has 0 aromatic carbocycles. The largest absolute Gasteiger partial charge is 0.448 e. The minimum atomic E-state index is 0.516. The molecule has 5 nitrogen and oxygen atoms in total. The molecule has 1 aliphatic rings. The second-order valence-corrected chi connectivity index (χ2v) is 4.19. The third-order valence-corrected chi connectivity index (χ3v) is 3.05. The van der Waals surface area contributed by atoms with Gasteiger partial charge >= 0.3 is 0 Å². The predicted octanol–water partition coefficient (Wildman–Crippen LogP) is 1.24. The van der Waals surface area contributed by atoms with Gasteiger partial charge in [-0.3, -0.25) is 9.58 Å². The van der Waals surface area contributed by atoms with Gasteiger partial charge in [-0.15, -0.1) is 0 Å². The van der Waals surface area contributed by atoms with Crippen LogP contribution in [0.15, 0.2) is 29.3 Å². The zero-order valence-corrected chi connectivity index (χ0v) is 9.21. The Morgan fingerprint density at radius 1 is 1.50 bits per heavy atom. The molecule has 0 bridgehead atoms. The van der Waals surface area contributed by atoms with E-state index in [1.807, 2.05) is 30.1 Å². The van der Waals surface area contributed by atoms with Crippen LogP contribution >= 0.6 is 0 Å². The fourth-order valence-corrected chi connectivity index (χ4v) is 2.03. The maximum Gasteiger partial charge on any atom is 0.181 e. The van der Waals surface area contributed by atoms with Crippen LogP contribution in [-0.2, 0) is 6.54 Å². The van der Waals surface area contributed by atoms with Gasteiger partial charge in [-0.25, -0.2) is 4.98 Å². The van der Waals surface area contributed by atoms with Gasteiger partial charge in [-0.05, 0) is 13.0 Å². The van der Waals surface area contributed by atoms with Gasteiger partial charge in [-0.2, -0.15) is 5.10 Å². The third-order valence-electron chi connectivity index (χ3n) is 3.05. The van der Waals surface area contributed by atoms with Crippen molar-refractivity contribution in [3.63, 3.8) is 0 Å². The molecule has 16 heavy (non-hydrogen) atoms. The Balaban J connectivity index is 1.56. The fraction of sp³-hybridized carbons (Fsp3) is 0.455. The van der Waals surface area contributed by atoms with Crippen molar-refractivity contribution in [3.8, 4) is 0 Å². The van der Waals surface area contributed by atoms with E-state index >= 15 is 0 Å². The molecule has 0 N–H and O–H groups in total. The molecule has 0 radical (unpaired) electrons. The topological polar surface area (TPSA) is 47.1 Å². The van der Waals surface area contributed by atoms with E-state index in [0.29, 0.717) is 6.04 Å². The zero-order valence-electron chi connectivity index (χ0n) is 9.21. The van der Waals surface area contributed by atoms with E-state index < -0.39 is 0 Å². The molecule has 3 heterocycles. The molecule has 2 aromatic rings. The Morgan fingerprint density at radius 2 is 2.38 bits per heavy atom. The lowest BCUT2D eigenvalue weighted by molar-refractivity contribution is 0.0892. The van der Waals surface area contributed by atoms with E-state index in [9.17, 15) is 0 Å². The summed E-state index contributed by atoms with van der Waals surface area (Å²) in [6, 6.07) is 2.48. The maximum absolute atomic E-state index is 5.18. The minimum absolute atomic E-state index is 0.516. The summed E-state index contributed by atoms with van der Waals surface area (Å²) >= 11 is 0. The summed E-state index contributed by atoms with van der Waals surface area (Å²) < 4.78 is 7.20. The number of hydrogen-bond acceptors (Lipinski definition) is 4. The predicted molar refractivity (Wildman–Crippen MR) is 57.8 cm³/mol. The molecule has 1 aliphatic heterocycles. The Kier molecular flexibility index (Phi) is 2.25. The first kappa shape index (κ1) is 9.59. The summed E-state index contributed by atoms with van der Waals surface area (Å²) in [7, 11) is 0. The Bertz CT molecular complexity index is 456. The molecule has 5 heteroatoms. The lowest BCUT2D eigenvalue weighted by Crippen LogP contribution is -2.47. The average molecular weight is 218 g/mol. The molecule has 0 atom stereocenters. The van der Waals surface area contributed by atoms with Crippen LogP contribution in [0, 0.1) is 6.92 Å². The van der Waals surface area contributed by atoms with Crippen LogP contribution in [0.3, 0.4) is 0 Å². The number of rotatable bonds is 3. The van der Waals surface area contributed by atoms with Crippen LogP contribution in [0.1, 0.15) is 17.5 Å². The van der Waals surface area contributed by atoms with Crippen molar-refractivity contribution in [1.29, 1.82) is 0 Å². The summed E-state index contributed by atoms with van der Waals surface area (Å²) in [5, 5.41) is 4.24. The van der Waals surface area contributed by atoms with Crippen molar-refractivity contribution in [3.05, 3.63) is 36.3 Å². The van der Waals surface area contributed by atoms with Gasteiger partial charge in [0, 0.05) is 32.0 Å². The second kappa shape index (κ2) is 3.75. The minimum Gasteiger partial charge on any atom is -0.448 e. The van der Waals surface area contributed by atoms with Gasteiger partial charge in [0.2, 0.25) is 0 Å². The van der Waals surface area contributed by atoms with Gasteiger partial charge in [0.15, 0.2) is 6.39 Å². The van der Waals surface area contributed by atoms with E-state index in [1.54, 1.807) is 0 Å². The van der Waals surface area contributed by atoms with Gasteiger partial charge in [0.1, 0.15) is 5.76 Å². The molecule has 1 fully saturated rings. The van der Waals surface area contributed by atoms with Crippen molar-refractivity contribution in [2.24, 2.45) is 0 Å². The van der Waals surface area contributed by atoms with E-state index in [4.69, 9.17) is 4.42 Å². The van der Waals surface area contributed by atoms with Crippen molar-refractivity contribution in [2.75, 3.05) is 13.1 Å². The van der Waals surface area contributed by atoms with Crippen molar-refractivity contribution in [2.45, 2.75) is 19.5 Å². The van der Waals surface area contributed by atoms with Crippen LogP contribution < -0.4 is 0 Å². The SMILES string of the molecule is Cc1ocnc1CN1CC(n2cccn2)C1. The molecule has 2 aromatic heterocycles. The highest BCUT2D eigenvalue weighted by atomic mass is 16.3. The summed E-state index contributed by atoms with van der Waals surface area (Å²) in [6.07, 6.45) is 5.35. The summed E-state index contributed by atoms with van der Waals surface area (Å²) in [5.74, 6) is 0.919. The van der Waals surface area contributed by atoms with Gasteiger partial charge in [-0.1, -0.05) is 0 Å². The molecule has 0 aliphatic carbocycles. The summed E-state index contributed by atoms with van der Waals surface area (Å²) in [6.45, 7) is 4.90. The highest BCUT2D eigenvalue weighted by Gasteiger charge is 2.29. The van der Waals surface area contributed by atoms with Crippen LogP contribution in [0.25, 0.3) is 0 Å². The second-order valence-electron chi connectivity index (χ2n) is 4.19. The molecule has 3 rings (SSSR count). The number of aryl methyl sites for hydroxylation is 1. The number of hydrogen-bond donors (Lipinski definition) is 0. The van der Waals surface area contributed by atoms with Gasteiger partial charge in [0.25, 0.3) is 0 Å².